The summed E-state index contributed by atoms with van der Waals surface area (Å²) in [6, 6.07) is 0. The molecule has 0 aromatic carbocycles. The first-order chi connectivity index (χ1) is 4.25. The highest BCUT2D eigenvalue weighted by Gasteiger charge is 2.04. The average molecular weight is 207 g/mol. The van der Waals surface area contributed by atoms with Gasteiger partial charge < -0.3 is 5.73 Å². The van der Waals surface area contributed by atoms with Gasteiger partial charge >= 0.3 is 0 Å². The second-order valence-corrected chi connectivity index (χ2v) is 3.26. The lowest BCUT2D eigenvalue weighted by Crippen LogP contribution is -1.81. The molecule has 50 valence electrons. The Labute approximate surface area is 66.4 Å². The van der Waals surface area contributed by atoms with Crippen molar-refractivity contribution >= 4 is 32.5 Å². The Hall–Kier alpha value is -0.0900. The Morgan fingerprint density at radius 3 is 2.67 bits per heavy atom. The zero-order chi connectivity index (χ0) is 6.85. The fourth-order valence-electron chi connectivity index (χ4n) is 0.546. The summed E-state index contributed by atoms with van der Waals surface area (Å²) in [6.07, 6.45) is 0.939. The molecule has 0 spiro atoms. The van der Waals surface area contributed by atoms with Crippen LogP contribution in [-0.2, 0) is 6.42 Å². The summed E-state index contributed by atoms with van der Waals surface area (Å²) in [5, 5.41) is 0.770. The highest BCUT2D eigenvalue weighted by molar-refractivity contribution is 9.10. The number of anilines is 1. The van der Waals surface area contributed by atoms with Crippen LogP contribution in [0.3, 0.4) is 0 Å². The lowest BCUT2D eigenvalue weighted by Gasteiger charge is -1.86. The van der Waals surface area contributed by atoms with Gasteiger partial charge in [-0.25, -0.2) is 0 Å². The SMILES string of the molecule is CCc1nsc(N)c1Br. The molecule has 0 bridgehead atoms. The van der Waals surface area contributed by atoms with E-state index >= 15 is 0 Å². The van der Waals surface area contributed by atoms with E-state index in [2.05, 4.69) is 27.2 Å². The molecule has 2 N–H and O–H groups in total. The summed E-state index contributed by atoms with van der Waals surface area (Å²) >= 11 is 4.67. The van der Waals surface area contributed by atoms with Crippen LogP contribution in [0.15, 0.2) is 4.47 Å². The first kappa shape index (κ1) is 7.02. The molecule has 0 aliphatic carbocycles. The number of hydrogen-bond acceptors (Lipinski definition) is 3. The van der Waals surface area contributed by atoms with Crippen molar-refractivity contribution in [1.29, 1.82) is 0 Å². The van der Waals surface area contributed by atoms with E-state index < -0.39 is 0 Å². The van der Waals surface area contributed by atoms with Crippen LogP contribution in [0.5, 0.6) is 0 Å². The average Bonchev–Trinajstić information content (AvgIpc) is 2.15. The van der Waals surface area contributed by atoms with Crippen molar-refractivity contribution in [2.45, 2.75) is 13.3 Å². The third-order valence-electron chi connectivity index (χ3n) is 1.06. The molecule has 0 unspecified atom stereocenters. The Morgan fingerprint density at radius 2 is 2.44 bits per heavy atom. The molecule has 0 aliphatic heterocycles. The largest absolute Gasteiger partial charge is 0.388 e. The van der Waals surface area contributed by atoms with Crippen LogP contribution in [0.1, 0.15) is 12.6 Å². The molecule has 9 heavy (non-hydrogen) atoms. The van der Waals surface area contributed by atoms with Crippen LogP contribution in [0.2, 0.25) is 0 Å². The van der Waals surface area contributed by atoms with Crippen LogP contribution >= 0.6 is 27.5 Å². The fraction of sp³-hybridized carbons (Fsp3) is 0.400. The molecular weight excluding hydrogens is 200 g/mol. The van der Waals surface area contributed by atoms with Gasteiger partial charge in [-0.05, 0) is 33.9 Å². The van der Waals surface area contributed by atoms with E-state index in [0.717, 1.165) is 21.6 Å². The van der Waals surface area contributed by atoms with Gasteiger partial charge in [0.2, 0.25) is 0 Å². The van der Waals surface area contributed by atoms with E-state index in [1.54, 1.807) is 0 Å². The third kappa shape index (κ3) is 1.24. The lowest BCUT2D eigenvalue weighted by atomic mass is 10.3. The van der Waals surface area contributed by atoms with Crippen molar-refractivity contribution < 1.29 is 0 Å². The van der Waals surface area contributed by atoms with Crippen LogP contribution in [0.25, 0.3) is 0 Å². The Bertz CT molecular complexity index is 209. The highest BCUT2D eigenvalue weighted by atomic mass is 79.9. The number of aromatic nitrogens is 1. The summed E-state index contributed by atoms with van der Waals surface area (Å²) in [7, 11) is 0. The maximum Gasteiger partial charge on any atom is 0.121 e. The third-order valence-corrected chi connectivity index (χ3v) is 2.92. The summed E-state index contributed by atoms with van der Waals surface area (Å²) in [4.78, 5) is 0. The van der Waals surface area contributed by atoms with E-state index in [-0.39, 0.29) is 0 Å². The minimum Gasteiger partial charge on any atom is -0.388 e. The van der Waals surface area contributed by atoms with Gasteiger partial charge in [-0.2, -0.15) is 4.37 Å². The summed E-state index contributed by atoms with van der Waals surface area (Å²) in [6.45, 7) is 2.05. The number of aryl methyl sites for hydroxylation is 1. The first-order valence-electron chi connectivity index (χ1n) is 2.65. The Balaban J connectivity index is 3.04. The normalized spacial score (nSPS) is 10.0. The van der Waals surface area contributed by atoms with E-state index in [9.17, 15) is 0 Å². The molecule has 0 amide bonds. The zero-order valence-corrected chi connectivity index (χ0v) is 7.42. The van der Waals surface area contributed by atoms with Gasteiger partial charge in [0, 0.05) is 0 Å². The zero-order valence-electron chi connectivity index (χ0n) is 5.02. The Morgan fingerprint density at radius 1 is 1.78 bits per heavy atom. The predicted octanol–water partition coefficient (Wildman–Crippen LogP) is 2.05. The molecule has 1 aromatic rings. The number of halogens is 1. The van der Waals surface area contributed by atoms with Crippen molar-refractivity contribution in [3.05, 3.63) is 10.2 Å². The second-order valence-electron chi connectivity index (χ2n) is 1.66. The van der Waals surface area contributed by atoms with Crippen LogP contribution in [-0.4, -0.2) is 4.37 Å². The standard InChI is InChI=1S/C5H7BrN2S/c1-2-3-4(6)5(7)9-8-3/h2,7H2,1H3. The molecule has 0 aliphatic rings. The molecule has 1 rings (SSSR count). The predicted molar refractivity (Wildman–Crippen MR) is 43.6 cm³/mol. The molecule has 0 atom stereocenters. The van der Waals surface area contributed by atoms with Gasteiger partial charge in [-0.1, -0.05) is 6.92 Å². The van der Waals surface area contributed by atoms with Gasteiger partial charge in [0.05, 0.1) is 10.2 Å². The molecule has 1 heterocycles. The monoisotopic (exact) mass is 206 g/mol. The molecule has 1 aromatic heterocycles. The molecule has 4 heteroatoms. The van der Waals surface area contributed by atoms with E-state index in [1.807, 2.05) is 0 Å². The van der Waals surface area contributed by atoms with Gasteiger partial charge in [0.15, 0.2) is 0 Å². The van der Waals surface area contributed by atoms with Gasteiger partial charge in [-0.3, -0.25) is 0 Å². The van der Waals surface area contributed by atoms with Crippen molar-refractivity contribution in [3.63, 3.8) is 0 Å². The van der Waals surface area contributed by atoms with Gasteiger partial charge in [0.25, 0.3) is 0 Å². The molecule has 0 saturated carbocycles. The molecule has 2 nitrogen and oxygen atoms in total. The molecule has 0 saturated heterocycles. The number of hydrogen-bond donors (Lipinski definition) is 1. The van der Waals surface area contributed by atoms with Crippen molar-refractivity contribution in [2.24, 2.45) is 0 Å². The van der Waals surface area contributed by atoms with Crippen LogP contribution in [0.4, 0.5) is 5.00 Å². The minimum atomic E-state index is 0.770. The topological polar surface area (TPSA) is 38.9 Å². The minimum absolute atomic E-state index is 0.770. The molecular formula is C5H7BrN2S. The summed E-state index contributed by atoms with van der Waals surface area (Å²) in [5.74, 6) is 0. The summed E-state index contributed by atoms with van der Waals surface area (Å²) in [5.41, 5.74) is 6.58. The second kappa shape index (κ2) is 2.66. The van der Waals surface area contributed by atoms with Gasteiger partial charge in [-0.15, -0.1) is 0 Å². The van der Waals surface area contributed by atoms with E-state index in [0.29, 0.717) is 0 Å². The van der Waals surface area contributed by atoms with E-state index in [1.165, 1.54) is 11.5 Å². The number of nitrogens with two attached hydrogens (primary N) is 1. The molecule has 0 fully saturated rings. The fourth-order valence-corrected chi connectivity index (χ4v) is 1.88. The number of rotatable bonds is 1. The Kier molecular flexibility index (Phi) is 2.08. The number of nitrogens with zero attached hydrogens (tertiary/aromatic N) is 1. The lowest BCUT2D eigenvalue weighted by molar-refractivity contribution is 1.08. The smallest absolute Gasteiger partial charge is 0.121 e. The van der Waals surface area contributed by atoms with Crippen LogP contribution in [0, 0.1) is 0 Å². The maximum absolute atomic E-state index is 5.53. The quantitative estimate of drug-likeness (QED) is 0.765. The number of nitrogen functional groups attached to an aromatic ring is 1. The highest BCUT2D eigenvalue weighted by Crippen LogP contribution is 2.27. The van der Waals surface area contributed by atoms with E-state index in [4.69, 9.17) is 5.73 Å². The van der Waals surface area contributed by atoms with Crippen molar-refractivity contribution in [2.75, 3.05) is 5.73 Å². The first-order valence-corrected chi connectivity index (χ1v) is 4.22. The van der Waals surface area contributed by atoms with Crippen LogP contribution < -0.4 is 5.73 Å². The maximum atomic E-state index is 5.53. The van der Waals surface area contributed by atoms with Crippen molar-refractivity contribution in [3.8, 4) is 0 Å². The summed E-state index contributed by atoms with van der Waals surface area (Å²) < 4.78 is 5.07. The molecule has 0 radical (unpaired) electrons. The van der Waals surface area contributed by atoms with Gasteiger partial charge in [0.1, 0.15) is 5.00 Å². The van der Waals surface area contributed by atoms with Crippen molar-refractivity contribution in [1.82, 2.24) is 4.37 Å².